The average molecular weight is 197 g/mol. The highest BCUT2D eigenvalue weighted by Crippen LogP contribution is 2.12. The molecule has 15 heavy (non-hydrogen) atoms. The normalized spacial score (nSPS) is 19.5. The number of aryl methyl sites for hydroxylation is 1. The van der Waals surface area contributed by atoms with Crippen molar-refractivity contribution >= 4 is 23.1 Å². The molecular weight excluding hydrogens is 182 g/mol. The summed E-state index contributed by atoms with van der Waals surface area (Å²) in [5.74, 6) is 0.670. The van der Waals surface area contributed by atoms with E-state index in [1.165, 1.54) is 21.5 Å². The van der Waals surface area contributed by atoms with E-state index in [1.807, 2.05) is 0 Å². The molecule has 0 aliphatic heterocycles. The van der Waals surface area contributed by atoms with E-state index in [9.17, 15) is 0 Å². The van der Waals surface area contributed by atoms with E-state index in [4.69, 9.17) is 0 Å². The van der Waals surface area contributed by atoms with Crippen LogP contribution >= 0.6 is 0 Å². The Kier molecular flexibility index (Phi) is 1.75. The van der Waals surface area contributed by atoms with Crippen LogP contribution < -0.4 is 10.6 Å². The van der Waals surface area contributed by atoms with Crippen molar-refractivity contribution in [3.05, 3.63) is 34.8 Å². The Morgan fingerprint density at radius 2 is 2.07 bits per heavy atom. The maximum absolute atomic E-state index is 2.40. The predicted molar refractivity (Wildman–Crippen MR) is 64.9 cm³/mol. The molecule has 1 nitrogen and oxygen atoms in total. The maximum atomic E-state index is 2.40. The molecule has 76 valence electrons. The number of rotatable bonds is 0. The molecule has 1 atom stereocenters. The van der Waals surface area contributed by atoms with Gasteiger partial charge in [-0.2, -0.15) is 0 Å². The van der Waals surface area contributed by atoms with Gasteiger partial charge in [0.05, 0.1) is 0 Å². The van der Waals surface area contributed by atoms with Crippen LogP contribution in [0.3, 0.4) is 0 Å². The standard InChI is InChI=1S/C14H15N/c1-10-7-8-14-12(9-10)11-5-3-4-6-13(11)15(14)2/h3-6,8-10H,7H2,1-2H3. The van der Waals surface area contributed by atoms with Gasteiger partial charge in [-0.3, -0.25) is 0 Å². The van der Waals surface area contributed by atoms with Gasteiger partial charge in [0.25, 0.3) is 0 Å². The first kappa shape index (κ1) is 8.78. The predicted octanol–water partition coefficient (Wildman–Crippen LogP) is 1.78. The lowest BCUT2D eigenvalue weighted by molar-refractivity contribution is 0.787. The molecule has 1 aliphatic rings. The zero-order valence-corrected chi connectivity index (χ0v) is 9.20. The second-order valence-electron chi connectivity index (χ2n) is 4.46. The van der Waals surface area contributed by atoms with Crippen LogP contribution in [0.15, 0.2) is 24.3 Å². The highest BCUT2D eigenvalue weighted by molar-refractivity contribution is 5.82. The van der Waals surface area contributed by atoms with Gasteiger partial charge in [-0.15, -0.1) is 0 Å². The van der Waals surface area contributed by atoms with E-state index in [0.29, 0.717) is 5.92 Å². The number of aromatic nitrogens is 1. The fourth-order valence-corrected chi connectivity index (χ4v) is 2.51. The highest BCUT2D eigenvalue weighted by atomic mass is 14.9. The van der Waals surface area contributed by atoms with Crippen LogP contribution in [0.4, 0.5) is 0 Å². The third-order valence-electron chi connectivity index (χ3n) is 3.33. The van der Waals surface area contributed by atoms with E-state index >= 15 is 0 Å². The quantitative estimate of drug-likeness (QED) is 0.606. The molecule has 1 aromatic heterocycles. The summed E-state index contributed by atoms with van der Waals surface area (Å²) in [6, 6.07) is 8.64. The highest BCUT2D eigenvalue weighted by Gasteiger charge is 2.08. The molecule has 1 aromatic carbocycles. The summed E-state index contributed by atoms with van der Waals surface area (Å²) in [7, 11) is 2.15. The molecule has 0 N–H and O–H groups in total. The van der Waals surface area contributed by atoms with Gasteiger partial charge in [0.15, 0.2) is 0 Å². The largest absolute Gasteiger partial charge is 0.344 e. The molecule has 0 spiro atoms. The molecule has 3 rings (SSSR count). The smallest absolute Gasteiger partial charge is 0.0488 e. The molecule has 0 fully saturated rings. The summed E-state index contributed by atoms with van der Waals surface area (Å²) in [6.45, 7) is 2.28. The monoisotopic (exact) mass is 197 g/mol. The van der Waals surface area contributed by atoms with E-state index in [2.05, 4.69) is 55.0 Å². The van der Waals surface area contributed by atoms with E-state index in [0.717, 1.165) is 6.42 Å². The number of benzene rings is 1. The van der Waals surface area contributed by atoms with Crippen molar-refractivity contribution in [3.8, 4) is 0 Å². The number of fused-ring (bicyclic) bond motifs is 3. The lowest BCUT2D eigenvalue weighted by Crippen LogP contribution is -2.31. The van der Waals surface area contributed by atoms with Gasteiger partial charge in [-0.1, -0.05) is 37.3 Å². The van der Waals surface area contributed by atoms with Crippen LogP contribution in [-0.4, -0.2) is 4.57 Å². The van der Waals surface area contributed by atoms with Gasteiger partial charge >= 0.3 is 0 Å². The fourth-order valence-electron chi connectivity index (χ4n) is 2.51. The Bertz CT molecular complexity index is 631. The molecule has 0 saturated carbocycles. The average Bonchev–Trinajstić information content (AvgIpc) is 2.54. The molecule has 1 aliphatic carbocycles. The summed E-state index contributed by atoms with van der Waals surface area (Å²) in [6.07, 6.45) is 5.93. The van der Waals surface area contributed by atoms with Gasteiger partial charge in [0.2, 0.25) is 0 Å². The van der Waals surface area contributed by atoms with Crippen molar-refractivity contribution in [2.45, 2.75) is 13.3 Å². The summed E-state index contributed by atoms with van der Waals surface area (Å²) < 4.78 is 2.30. The Labute approximate surface area is 89.3 Å². The summed E-state index contributed by atoms with van der Waals surface area (Å²) in [4.78, 5) is 0. The zero-order valence-electron chi connectivity index (χ0n) is 9.20. The van der Waals surface area contributed by atoms with Crippen molar-refractivity contribution in [1.82, 2.24) is 4.57 Å². The van der Waals surface area contributed by atoms with Gasteiger partial charge in [-0.05, 0) is 18.4 Å². The van der Waals surface area contributed by atoms with Crippen LogP contribution in [0.25, 0.3) is 23.1 Å². The molecule has 0 amide bonds. The minimum atomic E-state index is 0.670. The second kappa shape index (κ2) is 2.99. The molecule has 0 bridgehead atoms. The summed E-state index contributed by atoms with van der Waals surface area (Å²) in [5.41, 5.74) is 1.34. The number of hydrogen-bond donors (Lipinski definition) is 0. The lowest BCUT2D eigenvalue weighted by atomic mass is 10.0. The van der Waals surface area contributed by atoms with Crippen LogP contribution in [-0.2, 0) is 7.05 Å². The molecule has 2 aromatic rings. The summed E-state index contributed by atoms with van der Waals surface area (Å²) in [5, 5.41) is 4.19. The van der Waals surface area contributed by atoms with Crippen LogP contribution in [0.2, 0.25) is 0 Å². The zero-order chi connectivity index (χ0) is 10.4. The molecule has 0 saturated heterocycles. The molecule has 0 radical (unpaired) electrons. The fraction of sp³-hybridized carbons (Fsp3) is 0.286. The van der Waals surface area contributed by atoms with Crippen LogP contribution in [0, 0.1) is 5.92 Å². The van der Waals surface area contributed by atoms with Crippen molar-refractivity contribution in [2.24, 2.45) is 13.0 Å². The molecule has 1 heteroatoms. The van der Waals surface area contributed by atoms with Gasteiger partial charge in [0, 0.05) is 28.5 Å². The van der Waals surface area contributed by atoms with E-state index in [-0.39, 0.29) is 0 Å². The second-order valence-corrected chi connectivity index (χ2v) is 4.46. The summed E-state index contributed by atoms with van der Waals surface area (Å²) >= 11 is 0. The van der Waals surface area contributed by atoms with Crippen molar-refractivity contribution in [2.75, 3.05) is 0 Å². The first-order chi connectivity index (χ1) is 7.27. The Morgan fingerprint density at radius 1 is 1.27 bits per heavy atom. The third-order valence-corrected chi connectivity index (χ3v) is 3.33. The van der Waals surface area contributed by atoms with Crippen LogP contribution in [0.5, 0.6) is 0 Å². The number of hydrogen-bond acceptors (Lipinski definition) is 0. The van der Waals surface area contributed by atoms with Crippen LogP contribution in [0.1, 0.15) is 13.3 Å². The van der Waals surface area contributed by atoms with Crippen molar-refractivity contribution in [1.29, 1.82) is 0 Å². The van der Waals surface area contributed by atoms with Gasteiger partial charge < -0.3 is 4.57 Å². The maximum Gasteiger partial charge on any atom is 0.0488 e. The number of para-hydroxylation sites is 1. The third kappa shape index (κ3) is 1.16. The van der Waals surface area contributed by atoms with Crippen molar-refractivity contribution in [3.63, 3.8) is 0 Å². The molecular formula is C14H15N. The van der Waals surface area contributed by atoms with Gasteiger partial charge in [-0.25, -0.2) is 0 Å². The Balaban J connectivity index is 2.60. The minimum Gasteiger partial charge on any atom is -0.344 e. The van der Waals surface area contributed by atoms with Gasteiger partial charge in [0.1, 0.15) is 0 Å². The first-order valence-corrected chi connectivity index (χ1v) is 5.53. The Hall–Kier alpha value is -1.50. The van der Waals surface area contributed by atoms with Crippen molar-refractivity contribution < 1.29 is 0 Å². The SMILES string of the molecule is CC1C=c2c(n(C)c3ccccc23)=CC1. The first-order valence-electron chi connectivity index (χ1n) is 5.53. The Morgan fingerprint density at radius 3 is 2.93 bits per heavy atom. The topological polar surface area (TPSA) is 4.93 Å². The minimum absolute atomic E-state index is 0.670. The number of nitrogens with zero attached hydrogens (tertiary/aromatic N) is 1. The van der Waals surface area contributed by atoms with E-state index < -0.39 is 0 Å². The molecule has 1 unspecified atom stereocenters. The lowest BCUT2D eigenvalue weighted by Gasteiger charge is -2.05. The molecule has 1 heterocycles. The van der Waals surface area contributed by atoms with E-state index in [1.54, 1.807) is 0 Å².